The Kier molecular flexibility index (Phi) is 6.18. The van der Waals surface area contributed by atoms with Crippen molar-refractivity contribution in [2.24, 2.45) is 0 Å². The molecule has 3 heterocycles. The molecule has 1 N–H and O–H groups in total. The predicted octanol–water partition coefficient (Wildman–Crippen LogP) is 3.65. The van der Waals surface area contributed by atoms with Gasteiger partial charge in [0.2, 0.25) is 0 Å². The third-order valence-electron chi connectivity index (χ3n) is 4.98. The average Bonchev–Trinajstić information content (AvgIpc) is 3.18. The van der Waals surface area contributed by atoms with Crippen LogP contribution < -0.4 is 0 Å². The number of benzene rings is 1. The summed E-state index contributed by atoms with van der Waals surface area (Å²) in [7, 11) is -4.31. The summed E-state index contributed by atoms with van der Waals surface area (Å²) in [4.78, 5) is 11.5. The van der Waals surface area contributed by atoms with Crippen molar-refractivity contribution < 1.29 is 30.4 Å². The SMILES string of the molecule is Cc1ccc(S(=O)(=O)n2cc(-c3nc(CS(=O)O)ncc3C#N)c3cc(C(F)(F)F)cnc32)cc1. The van der Waals surface area contributed by atoms with Gasteiger partial charge in [-0.15, -0.1) is 0 Å². The average molecular weight is 522 g/mol. The Hall–Kier alpha value is -3.67. The summed E-state index contributed by atoms with van der Waals surface area (Å²) < 4.78 is 88.2. The van der Waals surface area contributed by atoms with Gasteiger partial charge in [0.15, 0.2) is 16.7 Å². The Morgan fingerprint density at radius 3 is 2.46 bits per heavy atom. The monoisotopic (exact) mass is 521 g/mol. The van der Waals surface area contributed by atoms with Crippen molar-refractivity contribution in [1.82, 2.24) is 18.9 Å². The third-order valence-corrected chi connectivity index (χ3v) is 7.15. The van der Waals surface area contributed by atoms with E-state index in [0.717, 1.165) is 21.9 Å². The van der Waals surface area contributed by atoms with Crippen molar-refractivity contribution >= 4 is 32.1 Å². The van der Waals surface area contributed by atoms with E-state index in [1.54, 1.807) is 25.1 Å². The predicted molar refractivity (Wildman–Crippen MR) is 119 cm³/mol. The lowest BCUT2D eigenvalue weighted by Crippen LogP contribution is -2.13. The van der Waals surface area contributed by atoms with Crippen LogP contribution in [0.3, 0.4) is 0 Å². The highest BCUT2D eigenvalue weighted by molar-refractivity contribution is 7.90. The third kappa shape index (κ3) is 4.65. The smallest absolute Gasteiger partial charge is 0.306 e. The molecule has 180 valence electrons. The first-order chi connectivity index (χ1) is 16.4. The number of rotatable bonds is 5. The summed E-state index contributed by atoms with van der Waals surface area (Å²) in [6.45, 7) is 1.76. The van der Waals surface area contributed by atoms with Crippen molar-refractivity contribution in [1.29, 1.82) is 5.26 Å². The highest BCUT2D eigenvalue weighted by Gasteiger charge is 2.33. The fourth-order valence-electron chi connectivity index (χ4n) is 3.32. The van der Waals surface area contributed by atoms with Crippen LogP contribution in [0.5, 0.6) is 0 Å². The first-order valence-corrected chi connectivity index (χ1v) is 12.4. The van der Waals surface area contributed by atoms with E-state index >= 15 is 0 Å². The van der Waals surface area contributed by atoms with Gasteiger partial charge in [-0.1, -0.05) is 17.7 Å². The summed E-state index contributed by atoms with van der Waals surface area (Å²) in [5, 5.41) is 9.28. The van der Waals surface area contributed by atoms with E-state index in [4.69, 9.17) is 4.55 Å². The summed E-state index contributed by atoms with van der Waals surface area (Å²) >= 11 is -2.34. The van der Waals surface area contributed by atoms with Crippen LogP contribution in [0.2, 0.25) is 0 Å². The van der Waals surface area contributed by atoms with Crippen molar-refractivity contribution in [2.75, 3.05) is 0 Å². The fourth-order valence-corrected chi connectivity index (χ4v) is 5.00. The van der Waals surface area contributed by atoms with Gasteiger partial charge in [0.05, 0.1) is 21.7 Å². The Labute approximate surface area is 199 Å². The van der Waals surface area contributed by atoms with Crippen LogP contribution in [0.15, 0.2) is 53.8 Å². The van der Waals surface area contributed by atoms with Crippen molar-refractivity contribution in [3.8, 4) is 17.3 Å². The van der Waals surface area contributed by atoms with Crippen LogP contribution >= 0.6 is 0 Å². The minimum Gasteiger partial charge on any atom is -0.306 e. The molecule has 1 unspecified atom stereocenters. The second kappa shape index (κ2) is 8.84. The molecule has 4 rings (SSSR count). The lowest BCUT2D eigenvalue weighted by Gasteiger charge is -2.09. The molecule has 0 amide bonds. The Bertz CT molecular complexity index is 1630. The molecular formula is C21H14F3N5O4S2. The van der Waals surface area contributed by atoms with Crippen LogP contribution in [-0.4, -0.2) is 36.1 Å². The first-order valence-electron chi connectivity index (χ1n) is 9.66. The minimum absolute atomic E-state index is 0.132. The topological polar surface area (TPSA) is 139 Å². The van der Waals surface area contributed by atoms with Crippen LogP contribution in [0.1, 0.15) is 22.5 Å². The zero-order valence-corrected chi connectivity index (χ0v) is 19.3. The second-order valence-corrected chi connectivity index (χ2v) is 10.1. The van der Waals surface area contributed by atoms with Crippen molar-refractivity contribution in [2.45, 2.75) is 23.7 Å². The summed E-state index contributed by atoms with van der Waals surface area (Å²) in [6, 6.07) is 8.34. The normalized spacial score (nSPS) is 13.0. The van der Waals surface area contributed by atoms with E-state index in [2.05, 4.69) is 15.0 Å². The van der Waals surface area contributed by atoms with Gasteiger partial charge in [-0.3, -0.25) is 0 Å². The van der Waals surface area contributed by atoms with E-state index < -0.39 is 38.6 Å². The number of hydrogen-bond donors (Lipinski definition) is 1. The molecule has 3 aromatic heterocycles. The van der Waals surface area contributed by atoms with Gasteiger partial charge >= 0.3 is 6.18 Å². The van der Waals surface area contributed by atoms with Crippen LogP contribution in [0.4, 0.5) is 13.2 Å². The fraction of sp³-hybridized carbons (Fsp3) is 0.143. The lowest BCUT2D eigenvalue weighted by atomic mass is 10.1. The summed E-state index contributed by atoms with van der Waals surface area (Å²) in [6.07, 6.45) is -2.20. The van der Waals surface area contributed by atoms with Gasteiger partial charge < -0.3 is 4.55 Å². The number of aryl methyl sites for hydroxylation is 1. The lowest BCUT2D eigenvalue weighted by molar-refractivity contribution is -0.137. The molecule has 0 saturated heterocycles. The minimum atomic E-state index is -4.78. The van der Waals surface area contributed by atoms with Crippen LogP contribution in [0.25, 0.3) is 22.3 Å². The maximum Gasteiger partial charge on any atom is 0.417 e. The highest BCUT2D eigenvalue weighted by atomic mass is 32.2. The molecule has 0 saturated carbocycles. The standard InChI is InChI=1S/C21H14F3N5O4S2/c1-12-2-4-15(5-3-12)35(32,33)29-10-17(16-6-14(21(22,23)24)9-27-20(16)29)19-13(7-25)8-26-18(28-19)11-34(30)31/h2-6,8-10H,11H2,1H3,(H,30,31). The summed E-state index contributed by atoms with van der Waals surface area (Å²) in [5.41, 5.74) is -1.18. The van der Waals surface area contributed by atoms with Gasteiger partial charge in [-0.05, 0) is 25.1 Å². The molecule has 1 atom stereocenters. The molecule has 9 nitrogen and oxygen atoms in total. The largest absolute Gasteiger partial charge is 0.417 e. The van der Waals surface area contributed by atoms with Crippen LogP contribution in [-0.2, 0) is 33.0 Å². The van der Waals surface area contributed by atoms with Crippen molar-refractivity contribution in [3.63, 3.8) is 0 Å². The second-order valence-electron chi connectivity index (χ2n) is 7.38. The van der Waals surface area contributed by atoms with Crippen molar-refractivity contribution in [3.05, 3.63) is 71.4 Å². The number of fused-ring (bicyclic) bond motifs is 1. The van der Waals surface area contributed by atoms with E-state index in [-0.39, 0.29) is 38.6 Å². The first kappa shape index (κ1) is 24.5. The number of pyridine rings is 1. The van der Waals surface area contributed by atoms with Crippen LogP contribution in [0, 0.1) is 18.3 Å². The van der Waals surface area contributed by atoms with Gasteiger partial charge in [-0.2, -0.15) is 18.4 Å². The van der Waals surface area contributed by atoms with Gasteiger partial charge in [-0.25, -0.2) is 31.6 Å². The molecule has 4 aromatic rings. The number of alkyl halides is 3. The number of nitriles is 1. The number of hydrogen-bond acceptors (Lipinski definition) is 7. The quantitative estimate of drug-likeness (QED) is 0.393. The molecule has 35 heavy (non-hydrogen) atoms. The van der Waals surface area contributed by atoms with E-state index in [0.29, 0.717) is 12.3 Å². The zero-order valence-electron chi connectivity index (χ0n) is 17.7. The van der Waals surface area contributed by atoms with E-state index in [1.165, 1.54) is 12.1 Å². The molecule has 0 bridgehead atoms. The molecule has 0 spiro atoms. The van der Waals surface area contributed by atoms with E-state index in [1.807, 2.05) is 0 Å². The molecule has 0 radical (unpaired) electrons. The highest BCUT2D eigenvalue weighted by Crippen LogP contribution is 2.37. The molecule has 0 fully saturated rings. The maximum absolute atomic E-state index is 13.4. The molecule has 14 heteroatoms. The number of halogens is 3. The molecular weight excluding hydrogens is 507 g/mol. The van der Waals surface area contributed by atoms with Gasteiger partial charge in [0.1, 0.15) is 17.6 Å². The Balaban J connectivity index is 2.06. The Morgan fingerprint density at radius 2 is 1.86 bits per heavy atom. The van der Waals surface area contributed by atoms with E-state index in [9.17, 15) is 31.1 Å². The summed E-state index contributed by atoms with van der Waals surface area (Å²) in [5.74, 6) is -0.674. The maximum atomic E-state index is 13.4. The molecule has 0 aliphatic carbocycles. The Morgan fingerprint density at radius 1 is 1.17 bits per heavy atom. The molecule has 0 aliphatic heterocycles. The number of nitrogens with zero attached hydrogens (tertiary/aromatic N) is 5. The number of aromatic nitrogens is 4. The zero-order chi connectivity index (χ0) is 25.5. The van der Waals surface area contributed by atoms with Gasteiger partial charge in [0.25, 0.3) is 10.0 Å². The van der Waals surface area contributed by atoms with Gasteiger partial charge in [0, 0.05) is 29.5 Å². The molecule has 0 aliphatic rings. The molecule has 1 aromatic carbocycles.